The van der Waals surface area contributed by atoms with Crippen molar-refractivity contribution < 1.29 is 0 Å². The molecule has 0 heteroatoms. The molecule has 0 saturated carbocycles. The first kappa shape index (κ1) is 15.9. The molecule has 0 spiro atoms. The van der Waals surface area contributed by atoms with Crippen LogP contribution in [0.3, 0.4) is 0 Å². The van der Waals surface area contributed by atoms with E-state index in [1.807, 2.05) is 0 Å². The predicted octanol–water partition coefficient (Wildman–Crippen LogP) is 8.02. The van der Waals surface area contributed by atoms with Crippen LogP contribution in [0.15, 0.2) is 72.8 Å². The average molecular weight is 358 g/mol. The largest absolute Gasteiger partial charge is 0.0616 e. The summed E-state index contributed by atoms with van der Waals surface area (Å²) < 4.78 is 0. The third kappa shape index (κ3) is 1.90. The molecule has 0 aromatic heterocycles. The summed E-state index contributed by atoms with van der Waals surface area (Å²) in [5, 5.41) is 14.0. The van der Waals surface area contributed by atoms with E-state index in [0.717, 1.165) is 12.8 Å². The molecule has 0 radical (unpaired) electrons. The lowest BCUT2D eigenvalue weighted by molar-refractivity contribution is 1.06. The summed E-state index contributed by atoms with van der Waals surface area (Å²) >= 11 is 0. The van der Waals surface area contributed by atoms with Crippen LogP contribution in [-0.4, -0.2) is 0 Å². The Morgan fingerprint density at radius 1 is 0.500 bits per heavy atom. The van der Waals surface area contributed by atoms with Crippen LogP contribution in [0.1, 0.15) is 25.0 Å². The molecule has 0 amide bonds. The van der Waals surface area contributed by atoms with Gasteiger partial charge in [0, 0.05) is 0 Å². The summed E-state index contributed by atoms with van der Waals surface area (Å²) in [5.41, 5.74) is 3.01. The molecule has 0 aliphatic heterocycles. The highest BCUT2D eigenvalue weighted by Gasteiger charge is 2.18. The number of aryl methyl sites for hydroxylation is 2. The van der Waals surface area contributed by atoms with Crippen LogP contribution in [0.4, 0.5) is 0 Å². The van der Waals surface area contributed by atoms with Gasteiger partial charge in [0.05, 0.1) is 0 Å². The van der Waals surface area contributed by atoms with E-state index in [2.05, 4.69) is 86.6 Å². The van der Waals surface area contributed by atoms with Gasteiger partial charge in [-0.2, -0.15) is 0 Å². The van der Waals surface area contributed by atoms with E-state index in [1.165, 1.54) is 65.0 Å². The fraction of sp³-hybridized carbons (Fsp3) is 0.143. The van der Waals surface area contributed by atoms with Gasteiger partial charge in [-0.1, -0.05) is 86.6 Å². The van der Waals surface area contributed by atoms with Gasteiger partial charge in [-0.3, -0.25) is 0 Å². The van der Waals surface area contributed by atoms with E-state index in [9.17, 15) is 0 Å². The molecule has 0 nitrogen and oxygen atoms in total. The van der Waals surface area contributed by atoms with Crippen LogP contribution in [0.2, 0.25) is 0 Å². The van der Waals surface area contributed by atoms with E-state index >= 15 is 0 Å². The van der Waals surface area contributed by atoms with Crippen LogP contribution < -0.4 is 0 Å². The maximum atomic E-state index is 2.43. The van der Waals surface area contributed by atoms with Gasteiger partial charge in [-0.05, 0) is 77.8 Å². The van der Waals surface area contributed by atoms with Crippen molar-refractivity contribution >= 4 is 53.9 Å². The lowest BCUT2D eigenvalue weighted by atomic mass is 9.83. The lowest BCUT2D eigenvalue weighted by Gasteiger charge is -2.20. The van der Waals surface area contributed by atoms with Crippen molar-refractivity contribution in [1.82, 2.24) is 0 Å². The third-order valence-electron chi connectivity index (χ3n) is 6.55. The summed E-state index contributed by atoms with van der Waals surface area (Å²) in [6, 6.07) is 27.3. The van der Waals surface area contributed by atoms with Gasteiger partial charge >= 0.3 is 0 Å². The molecule has 0 unspecified atom stereocenters. The molecule has 0 heterocycles. The second kappa shape index (κ2) is 5.69. The van der Waals surface area contributed by atoms with Gasteiger partial charge in [0.15, 0.2) is 0 Å². The van der Waals surface area contributed by atoms with Crippen molar-refractivity contribution in [3.05, 3.63) is 83.9 Å². The standard InChI is InChI=1S/C28H22/c1-3-17-16-20-13-12-19-9-7-11-23-24-15-14-18-8-5-6-10-22(18)27(24)28(21(17)4-2)26(20)25(19)23/h5-16H,3-4H2,1-2H3. The molecule has 0 saturated heterocycles. The second-order valence-electron chi connectivity index (χ2n) is 7.87. The quantitative estimate of drug-likeness (QED) is 0.217. The zero-order valence-corrected chi connectivity index (χ0v) is 16.3. The van der Waals surface area contributed by atoms with Crippen LogP contribution in [-0.2, 0) is 12.8 Å². The number of hydrogen-bond donors (Lipinski definition) is 0. The van der Waals surface area contributed by atoms with Crippen LogP contribution in [0.5, 0.6) is 0 Å². The third-order valence-corrected chi connectivity index (χ3v) is 6.55. The van der Waals surface area contributed by atoms with E-state index in [0.29, 0.717) is 0 Å². The Kier molecular flexibility index (Phi) is 3.23. The first-order chi connectivity index (χ1) is 13.8. The van der Waals surface area contributed by atoms with Crippen molar-refractivity contribution in [1.29, 1.82) is 0 Å². The summed E-state index contributed by atoms with van der Waals surface area (Å²) in [4.78, 5) is 0. The molecule has 0 fully saturated rings. The molecule has 6 aromatic carbocycles. The minimum Gasteiger partial charge on any atom is -0.0616 e. The highest BCUT2D eigenvalue weighted by atomic mass is 14.2. The Balaban J connectivity index is 2.09. The minimum atomic E-state index is 1.07. The first-order valence-electron chi connectivity index (χ1n) is 10.3. The maximum Gasteiger partial charge on any atom is -0.00171 e. The topological polar surface area (TPSA) is 0 Å². The molecule has 0 bridgehead atoms. The van der Waals surface area contributed by atoms with Gasteiger partial charge in [0.2, 0.25) is 0 Å². The van der Waals surface area contributed by atoms with Gasteiger partial charge in [0.25, 0.3) is 0 Å². The number of benzene rings is 6. The monoisotopic (exact) mass is 358 g/mol. The molecule has 0 atom stereocenters. The highest BCUT2D eigenvalue weighted by Crippen LogP contribution is 2.45. The molecule has 134 valence electrons. The van der Waals surface area contributed by atoms with Gasteiger partial charge in [-0.15, -0.1) is 0 Å². The van der Waals surface area contributed by atoms with Gasteiger partial charge < -0.3 is 0 Å². The van der Waals surface area contributed by atoms with Crippen molar-refractivity contribution in [3.63, 3.8) is 0 Å². The molecule has 0 N–H and O–H groups in total. The molecule has 28 heavy (non-hydrogen) atoms. The summed E-state index contributed by atoms with van der Waals surface area (Å²) in [7, 11) is 0. The van der Waals surface area contributed by atoms with E-state index in [-0.39, 0.29) is 0 Å². The number of rotatable bonds is 2. The Bertz CT molecular complexity index is 1520. The second-order valence-corrected chi connectivity index (χ2v) is 7.87. The van der Waals surface area contributed by atoms with Crippen LogP contribution in [0, 0.1) is 0 Å². The van der Waals surface area contributed by atoms with Gasteiger partial charge in [0.1, 0.15) is 0 Å². The predicted molar refractivity (Wildman–Crippen MR) is 124 cm³/mol. The smallest absolute Gasteiger partial charge is 0.00171 e. The average Bonchev–Trinajstić information content (AvgIpc) is 2.76. The number of fused-ring (bicyclic) bond motifs is 5. The summed E-state index contributed by atoms with van der Waals surface area (Å²) in [6.45, 7) is 4.59. The SMILES string of the molecule is CCc1cc2ccc3cccc4c5ccc6ccccc6c5c(c1CC)c2c34. The Morgan fingerprint density at radius 3 is 2.07 bits per heavy atom. The molecule has 6 aromatic rings. The van der Waals surface area contributed by atoms with Crippen molar-refractivity contribution in [2.45, 2.75) is 26.7 Å². The molecule has 0 aliphatic carbocycles. The molecule has 0 aliphatic rings. The fourth-order valence-corrected chi connectivity index (χ4v) is 5.36. The maximum absolute atomic E-state index is 2.43. The Labute approximate surface area is 164 Å². The zero-order chi connectivity index (χ0) is 18.8. The van der Waals surface area contributed by atoms with E-state index in [4.69, 9.17) is 0 Å². The molecule has 6 rings (SSSR count). The fourth-order valence-electron chi connectivity index (χ4n) is 5.36. The van der Waals surface area contributed by atoms with Crippen LogP contribution in [0.25, 0.3) is 53.9 Å². The summed E-state index contributed by atoms with van der Waals surface area (Å²) in [5.74, 6) is 0. The van der Waals surface area contributed by atoms with Gasteiger partial charge in [-0.25, -0.2) is 0 Å². The van der Waals surface area contributed by atoms with Crippen molar-refractivity contribution in [2.24, 2.45) is 0 Å². The van der Waals surface area contributed by atoms with Crippen LogP contribution >= 0.6 is 0 Å². The molecular formula is C28H22. The van der Waals surface area contributed by atoms with Crippen molar-refractivity contribution in [2.75, 3.05) is 0 Å². The molecular weight excluding hydrogens is 336 g/mol. The van der Waals surface area contributed by atoms with Crippen molar-refractivity contribution in [3.8, 4) is 0 Å². The van der Waals surface area contributed by atoms with E-state index in [1.54, 1.807) is 0 Å². The highest BCUT2D eigenvalue weighted by molar-refractivity contribution is 6.38. The first-order valence-corrected chi connectivity index (χ1v) is 10.3. The Hall–Kier alpha value is -3.12. The normalized spacial score (nSPS) is 12.2. The lowest BCUT2D eigenvalue weighted by Crippen LogP contribution is -1.97. The minimum absolute atomic E-state index is 1.07. The van der Waals surface area contributed by atoms with E-state index < -0.39 is 0 Å². The number of hydrogen-bond acceptors (Lipinski definition) is 0. The zero-order valence-electron chi connectivity index (χ0n) is 16.3. The summed E-state index contributed by atoms with van der Waals surface area (Å²) in [6.07, 6.45) is 2.14. The Morgan fingerprint density at radius 2 is 1.21 bits per heavy atom.